The first kappa shape index (κ1) is 14.4. The van der Waals surface area contributed by atoms with Crippen LogP contribution in [-0.2, 0) is 4.79 Å². The molecule has 0 aromatic carbocycles. The number of likely N-dealkylation sites (N-methyl/N-ethyl adjacent to an activating group) is 1. The Morgan fingerprint density at radius 3 is 2.27 bits per heavy atom. The van der Waals surface area contributed by atoms with E-state index in [9.17, 15) is 4.79 Å². The summed E-state index contributed by atoms with van der Waals surface area (Å²) in [5.74, 6) is 0.273. The van der Waals surface area contributed by atoms with Crippen LogP contribution in [0.1, 0.15) is 34.1 Å². The van der Waals surface area contributed by atoms with E-state index in [1.54, 1.807) is 11.9 Å². The monoisotopic (exact) mass is 216 g/mol. The third kappa shape index (κ3) is 4.18. The molecule has 0 aliphatic rings. The normalized spacial score (nSPS) is 14.1. The van der Waals surface area contributed by atoms with Crippen molar-refractivity contribution in [2.45, 2.75) is 45.7 Å². The number of rotatable bonds is 5. The summed E-state index contributed by atoms with van der Waals surface area (Å²) >= 11 is 0. The number of nitrogens with zero attached hydrogens (tertiary/aromatic N) is 1. The lowest BCUT2D eigenvalue weighted by molar-refractivity contribution is -0.136. The van der Waals surface area contributed by atoms with Crippen LogP contribution >= 0.6 is 0 Å². The average Bonchev–Trinajstić information content (AvgIpc) is 2.16. The summed E-state index contributed by atoms with van der Waals surface area (Å²) in [6.45, 7) is 7.59. The molecule has 0 spiro atoms. The zero-order chi connectivity index (χ0) is 12.2. The highest BCUT2D eigenvalue weighted by Gasteiger charge is 2.27. The van der Waals surface area contributed by atoms with E-state index in [0.29, 0.717) is 12.3 Å². The molecule has 1 atom stereocenters. The van der Waals surface area contributed by atoms with Crippen LogP contribution in [0.4, 0.5) is 0 Å². The Labute approximate surface area is 92.4 Å². The summed E-state index contributed by atoms with van der Waals surface area (Å²) < 4.78 is 0. The van der Waals surface area contributed by atoms with Gasteiger partial charge in [-0.15, -0.1) is 0 Å². The number of aliphatic hydroxyl groups excluding tert-OH is 1. The van der Waals surface area contributed by atoms with Gasteiger partial charge in [0.25, 0.3) is 0 Å². The Hall–Kier alpha value is -0.610. The largest absolute Gasteiger partial charge is 0.394 e. The molecule has 0 radical (unpaired) electrons. The Balaban J connectivity index is 4.34. The number of nitrogens with two attached hydrogens (primary N) is 1. The van der Waals surface area contributed by atoms with Gasteiger partial charge in [-0.1, -0.05) is 13.8 Å². The second-order valence-electron chi connectivity index (χ2n) is 5.04. The lowest BCUT2D eigenvalue weighted by Gasteiger charge is -2.34. The van der Waals surface area contributed by atoms with Crippen LogP contribution in [0.5, 0.6) is 0 Å². The Kier molecular flexibility index (Phi) is 5.24. The fourth-order valence-electron chi connectivity index (χ4n) is 1.02. The van der Waals surface area contributed by atoms with Crippen molar-refractivity contribution in [1.29, 1.82) is 0 Å². The van der Waals surface area contributed by atoms with Gasteiger partial charge < -0.3 is 15.7 Å². The molecule has 0 aromatic rings. The van der Waals surface area contributed by atoms with Crippen molar-refractivity contribution in [2.24, 2.45) is 11.7 Å². The summed E-state index contributed by atoms with van der Waals surface area (Å²) in [5.41, 5.74) is 5.31. The predicted molar refractivity (Wildman–Crippen MR) is 61.4 cm³/mol. The van der Waals surface area contributed by atoms with Crippen LogP contribution in [0.15, 0.2) is 0 Å². The molecule has 0 saturated heterocycles. The highest BCUT2D eigenvalue weighted by Crippen LogP contribution is 2.14. The molecule has 0 heterocycles. The number of hydrogen-bond acceptors (Lipinski definition) is 3. The van der Waals surface area contributed by atoms with Crippen LogP contribution in [-0.4, -0.2) is 41.1 Å². The summed E-state index contributed by atoms with van der Waals surface area (Å²) in [6, 6.07) is -0.116. The first-order chi connectivity index (χ1) is 6.72. The van der Waals surface area contributed by atoms with E-state index in [0.717, 1.165) is 0 Å². The van der Waals surface area contributed by atoms with Crippen molar-refractivity contribution in [3.8, 4) is 0 Å². The highest BCUT2D eigenvalue weighted by atomic mass is 16.3. The third-order valence-electron chi connectivity index (χ3n) is 2.94. The summed E-state index contributed by atoms with van der Waals surface area (Å²) in [5, 5.41) is 9.13. The van der Waals surface area contributed by atoms with E-state index in [1.165, 1.54) is 0 Å². The summed E-state index contributed by atoms with van der Waals surface area (Å²) in [7, 11) is 1.70. The standard InChI is InChI=1S/C11H24N2O2/c1-8(2)9(12)6-10(15)13(5)11(3,4)7-14/h8-9,14H,6-7,12H2,1-5H3. The zero-order valence-electron chi connectivity index (χ0n) is 10.4. The van der Waals surface area contributed by atoms with E-state index < -0.39 is 5.54 Å². The highest BCUT2D eigenvalue weighted by molar-refractivity contribution is 5.77. The van der Waals surface area contributed by atoms with Crippen LogP contribution in [0.2, 0.25) is 0 Å². The zero-order valence-corrected chi connectivity index (χ0v) is 10.4. The molecule has 0 aromatic heterocycles. The number of aliphatic hydroxyl groups is 1. The SMILES string of the molecule is CC(C)C(N)CC(=O)N(C)C(C)(C)CO. The summed E-state index contributed by atoms with van der Waals surface area (Å²) in [4.78, 5) is 13.4. The topological polar surface area (TPSA) is 66.6 Å². The van der Waals surface area contributed by atoms with Gasteiger partial charge in [0, 0.05) is 19.5 Å². The Morgan fingerprint density at radius 2 is 1.93 bits per heavy atom. The van der Waals surface area contributed by atoms with Crippen LogP contribution in [0, 0.1) is 5.92 Å². The Bertz CT molecular complexity index is 215. The minimum absolute atomic E-state index is 0.0183. The molecule has 0 aliphatic carbocycles. The van der Waals surface area contributed by atoms with Crippen molar-refractivity contribution in [1.82, 2.24) is 4.90 Å². The van der Waals surface area contributed by atoms with Crippen molar-refractivity contribution in [3.63, 3.8) is 0 Å². The quantitative estimate of drug-likeness (QED) is 0.707. The molecule has 0 aliphatic heterocycles. The second kappa shape index (κ2) is 5.47. The number of amides is 1. The first-order valence-corrected chi connectivity index (χ1v) is 5.35. The van der Waals surface area contributed by atoms with E-state index in [4.69, 9.17) is 10.8 Å². The molecule has 0 rings (SSSR count). The lowest BCUT2D eigenvalue weighted by atomic mass is 9.99. The van der Waals surface area contributed by atoms with Crippen molar-refractivity contribution in [3.05, 3.63) is 0 Å². The average molecular weight is 216 g/mol. The van der Waals surface area contributed by atoms with E-state index in [-0.39, 0.29) is 18.6 Å². The number of carbonyl (C=O) groups is 1. The predicted octanol–water partition coefficient (Wildman–Crippen LogP) is 0.589. The summed E-state index contributed by atoms with van der Waals surface area (Å²) in [6.07, 6.45) is 0.331. The maximum atomic E-state index is 11.8. The molecule has 1 unspecified atom stereocenters. The number of carbonyl (C=O) groups excluding carboxylic acids is 1. The Morgan fingerprint density at radius 1 is 1.47 bits per heavy atom. The van der Waals surface area contributed by atoms with Gasteiger partial charge in [0.05, 0.1) is 12.1 Å². The minimum Gasteiger partial charge on any atom is -0.394 e. The van der Waals surface area contributed by atoms with Gasteiger partial charge >= 0.3 is 0 Å². The van der Waals surface area contributed by atoms with Crippen LogP contribution < -0.4 is 5.73 Å². The molecule has 0 bridgehead atoms. The molecular weight excluding hydrogens is 192 g/mol. The van der Waals surface area contributed by atoms with Crippen molar-refractivity contribution >= 4 is 5.91 Å². The van der Waals surface area contributed by atoms with E-state index in [1.807, 2.05) is 27.7 Å². The molecule has 4 heteroatoms. The van der Waals surface area contributed by atoms with Crippen LogP contribution in [0.3, 0.4) is 0 Å². The maximum absolute atomic E-state index is 11.8. The van der Waals surface area contributed by atoms with Gasteiger partial charge in [0.2, 0.25) is 5.91 Å². The molecule has 4 nitrogen and oxygen atoms in total. The molecule has 0 fully saturated rings. The van der Waals surface area contributed by atoms with Gasteiger partial charge in [-0.2, -0.15) is 0 Å². The van der Waals surface area contributed by atoms with E-state index >= 15 is 0 Å². The molecule has 0 saturated carbocycles. The molecular formula is C11H24N2O2. The van der Waals surface area contributed by atoms with Gasteiger partial charge in [-0.3, -0.25) is 4.79 Å². The molecule has 3 N–H and O–H groups in total. The smallest absolute Gasteiger partial charge is 0.224 e. The van der Waals surface area contributed by atoms with Gasteiger partial charge in [0.1, 0.15) is 0 Å². The molecule has 90 valence electrons. The lowest BCUT2D eigenvalue weighted by Crippen LogP contribution is -2.49. The minimum atomic E-state index is -0.520. The van der Waals surface area contributed by atoms with Crippen LogP contribution in [0.25, 0.3) is 0 Å². The fourth-order valence-corrected chi connectivity index (χ4v) is 1.02. The second-order valence-corrected chi connectivity index (χ2v) is 5.04. The molecule has 1 amide bonds. The maximum Gasteiger partial charge on any atom is 0.224 e. The van der Waals surface area contributed by atoms with Gasteiger partial charge in [0.15, 0.2) is 0 Å². The first-order valence-electron chi connectivity index (χ1n) is 5.35. The van der Waals surface area contributed by atoms with Crippen molar-refractivity contribution < 1.29 is 9.90 Å². The molecule has 15 heavy (non-hydrogen) atoms. The number of hydrogen-bond donors (Lipinski definition) is 2. The fraction of sp³-hybridized carbons (Fsp3) is 0.909. The van der Waals surface area contributed by atoms with E-state index in [2.05, 4.69) is 0 Å². The van der Waals surface area contributed by atoms with Gasteiger partial charge in [-0.05, 0) is 19.8 Å². The third-order valence-corrected chi connectivity index (χ3v) is 2.94. The van der Waals surface area contributed by atoms with Crippen molar-refractivity contribution in [2.75, 3.05) is 13.7 Å². The van der Waals surface area contributed by atoms with Gasteiger partial charge in [-0.25, -0.2) is 0 Å².